The van der Waals surface area contributed by atoms with Crippen molar-refractivity contribution in [1.29, 1.82) is 0 Å². The highest BCUT2D eigenvalue weighted by Crippen LogP contribution is 2.40. The third kappa shape index (κ3) is 4.27. The summed E-state index contributed by atoms with van der Waals surface area (Å²) in [4.78, 5) is 12.3. The number of carbonyl (C=O) groups is 1. The number of rotatable bonds is 5. The Labute approximate surface area is 166 Å². The molecule has 0 amide bonds. The van der Waals surface area contributed by atoms with Gasteiger partial charge in [-0.1, -0.05) is 96.2 Å². The monoisotopic (exact) mass is 396 g/mol. The summed E-state index contributed by atoms with van der Waals surface area (Å²) in [5, 5.41) is 2.88. The van der Waals surface area contributed by atoms with Crippen molar-refractivity contribution in [1.82, 2.24) is 0 Å². The maximum Gasteiger partial charge on any atom is 0.306 e. The Morgan fingerprint density at radius 3 is 1.85 bits per heavy atom. The Hall–Kier alpha value is -1.66. The maximum absolute atomic E-state index is 12.3. The molecule has 2 aromatic carbocycles. The Balaban J connectivity index is 1.86. The maximum atomic E-state index is 12.3. The summed E-state index contributed by atoms with van der Waals surface area (Å²) in [7, 11) is -3.49. The van der Waals surface area contributed by atoms with Gasteiger partial charge < -0.3 is 4.74 Å². The summed E-state index contributed by atoms with van der Waals surface area (Å²) in [5.41, 5.74) is 2.93. The summed E-state index contributed by atoms with van der Waals surface area (Å²) in [5.74, 6) is -0.00797. The van der Waals surface area contributed by atoms with Crippen LogP contribution in [0.5, 0.6) is 0 Å². The minimum absolute atomic E-state index is 0.00797. The van der Waals surface area contributed by atoms with Gasteiger partial charge in [0.2, 0.25) is 0 Å². The van der Waals surface area contributed by atoms with Crippen molar-refractivity contribution < 1.29 is 9.53 Å². The molecule has 0 aromatic heterocycles. The second kappa shape index (κ2) is 7.40. The number of hydrogen-bond donors (Lipinski definition) is 0. The van der Waals surface area contributed by atoms with E-state index in [1.807, 2.05) is 0 Å². The van der Waals surface area contributed by atoms with Crippen molar-refractivity contribution in [3.8, 4) is 0 Å². The predicted octanol–water partition coefficient (Wildman–Crippen LogP) is 4.52. The van der Waals surface area contributed by atoms with Gasteiger partial charge in [0.25, 0.3) is 0 Å². The van der Waals surface area contributed by atoms with Crippen LogP contribution in [0, 0.1) is 13.8 Å². The number of hydrogen-bond acceptors (Lipinski definition) is 2. The average molecular weight is 397 g/mol. The van der Waals surface area contributed by atoms with Gasteiger partial charge in [-0.15, -0.1) is 0 Å². The quantitative estimate of drug-likeness (QED) is 0.549. The van der Waals surface area contributed by atoms with Gasteiger partial charge in [-0.2, -0.15) is 0 Å². The van der Waals surface area contributed by atoms with Crippen molar-refractivity contribution >= 4 is 32.5 Å². The topological polar surface area (TPSA) is 26.3 Å². The van der Waals surface area contributed by atoms with E-state index in [4.69, 9.17) is 4.74 Å². The molecule has 1 fully saturated rings. The molecule has 1 aliphatic heterocycles. The van der Waals surface area contributed by atoms with Crippen LogP contribution < -0.4 is 10.4 Å². The molecule has 0 radical (unpaired) electrons. The van der Waals surface area contributed by atoms with E-state index in [0.29, 0.717) is 12.0 Å². The van der Waals surface area contributed by atoms with Crippen LogP contribution in [0.2, 0.25) is 37.8 Å². The fourth-order valence-electron chi connectivity index (χ4n) is 4.34. The van der Waals surface area contributed by atoms with Gasteiger partial charge in [0, 0.05) is 12.0 Å². The van der Waals surface area contributed by atoms with E-state index in [1.54, 1.807) is 0 Å². The standard InChI is InChI=1S/C23H32O2Si2/c1-17-7-11-19(12-8-17)26(3,4)16-21-22(15-23(24)25-21)27(5,6)20-13-9-18(2)10-14-20/h7-14,21-22H,15-16H2,1-6H3/t21-,22+/m1/s1. The van der Waals surface area contributed by atoms with Gasteiger partial charge >= 0.3 is 5.97 Å². The number of esters is 1. The molecule has 2 aromatic rings. The second-order valence-electron chi connectivity index (χ2n) is 9.38. The highest BCUT2D eigenvalue weighted by atomic mass is 28.3. The van der Waals surface area contributed by atoms with Gasteiger partial charge in [-0.25, -0.2) is 0 Å². The summed E-state index contributed by atoms with van der Waals surface area (Å²) < 4.78 is 5.92. The molecule has 0 N–H and O–H groups in total. The highest BCUT2D eigenvalue weighted by molar-refractivity contribution is 6.92. The lowest BCUT2D eigenvalue weighted by atomic mass is 10.2. The first-order valence-corrected chi connectivity index (χ1v) is 16.2. The molecule has 2 atom stereocenters. The lowest BCUT2D eigenvalue weighted by Gasteiger charge is -2.35. The van der Waals surface area contributed by atoms with Gasteiger partial charge in [0.15, 0.2) is 0 Å². The average Bonchev–Trinajstić information content (AvgIpc) is 2.96. The molecule has 1 saturated heterocycles. The molecule has 27 heavy (non-hydrogen) atoms. The normalized spacial score (nSPS) is 20.6. The highest BCUT2D eigenvalue weighted by Gasteiger charge is 2.48. The number of cyclic esters (lactones) is 1. The van der Waals surface area contributed by atoms with Gasteiger partial charge in [0.1, 0.15) is 6.10 Å². The van der Waals surface area contributed by atoms with Crippen molar-refractivity contribution in [2.45, 2.75) is 64.1 Å². The Bertz CT molecular complexity index is 807. The molecule has 0 aliphatic carbocycles. The van der Waals surface area contributed by atoms with Crippen LogP contribution in [0.4, 0.5) is 0 Å². The van der Waals surface area contributed by atoms with E-state index in [9.17, 15) is 4.79 Å². The Morgan fingerprint density at radius 2 is 1.33 bits per heavy atom. The summed E-state index contributed by atoms with van der Waals surface area (Å²) in [6.45, 7) is 13.9. The van der Waals surface area contributed by atoms with Crippen molar-refractivity contribution in [3.05, 3.63) is 59.7 Å². The van der Waals surface area contributed by atoms with Gasteiger partial charge in [0.05, 0.1) is 16.1 Å². The number of ether oxygens (including phenoxy) is 1. The molecular formula is C23H32O2Si2. The molecule has 0 bridgehead atoms. The van der Waals surface area contributed by atoms with E-state index in [-0.39, 0.29) is 12.1 Å². The number of benzene rings is 2. The van der Waals surface area contributed by atoms with Crippen LogP contribution in [0.25, 0.3) is 0 Å². The molecule has 2 nitrogen and oxygen atoms in total. The largest absolute Gasteiger partial charge is 0.463 e. The van der Waals surface area contributed by atoms with Crippen LogP contribution in [-0.4, -0.2) is 28.2 Å². The fourth-order valence-corrected chi connectivity index (χ4v) is 10.5. The third-order valence-electron chi connectivity index (χ3n) is 6.39. The lowest BCUT2D eigenvalue weighted by Crippen LogP contribution is -2.51. The van der Waals surface area contributed by atoms with E-state index in [2.05, 4.69) is 88.6 Å². The molecular weight excluding hydrogens is 364 g/mol. The zero-order chi connectivity index (χ0) is 19.8. The van der Waals surface area contributed by atoms with Crippen molar-refractivity contribution in [2.75, 3.05) is 0 Å². The van der Waals surface area contributed by atoms with E-state index < -0.39 is 16.1 Å². The fraction of sp³-hybridized carbons (Fsp3) is 0.435. The second-order valence-corrected chi connectivity index (χ2v) is 18.9. The zero-order valence-electron chi connectivity index (χ0n) is 17.5. The summed E-state index contributed by atoms with van der Waals surface area (Å²) in [6, 6.07) is 18.9. The van der Waals surface area contributed by atoms with Crippen LogP contribution in [-0.2, 0) is 9.53 Å². The first kappa shape index (κ1) is 20.1. The first-order valence-electron chi connectivity index (χ1n) is 9.93. The van der Waals surface area contributed by atoms with E-state index >= 15 is 0 Å². The first-order chi connectivity index (χ1) is 12.6. The minimum atomic E-state index is -1.81. The Kier molecular flexibility index (Phi) is 5.50. The van der Waals surface area contributed by atoms with Crippen LogP contribution in [0.3, 0.4) is 0 Å². The molecule has 0 spiro atoms. The molecule has 1 aliphatic rings. The molecule has 0 saturated carbocycles. The molecule has 0 unspecified atom stereocenters. The van der Waals surface area contributed by atoms with Gasteiger partial charge in [-0.3, -0.25) is 4.79 Å². The zero-order valence-corrected chi connectivity index (χ0v) is 19.5. The Morgan fingerprint density at radius 1 is 0.852 bits per heavy atom. The van der Waals surface area contributed by atoms with E-state index in [1.165, 1.54) is 21.5 Å². The van der Waals surface area contributed by atoms with Crippen molar-refractivity contribution in [3.63, 3.8) is 0 Å². The SMILES string of the molecule is Cc1ccc([Si](C)(C)C[C@H]2OC(=O)C[C@@H]2[Si](C)(C)c2ccc(C)cc2)cc1. The molecule has 4 heteroatoms. The van der Waals surface area contributed by atoms with Gasteiger partial charge in [-0.05, 0) is 19.9 Å². The number of aryl methyl sites for hydroxylation is 2. The van der Waals surface area contributed by atoms with Crippen LogP contribution in [0.15, 0.2) is 48.5 Å². The van der Waals surface area contributed by atoms with E-state index in [0.717, 1.165) is 6.04 Å². The summed E-state index contributed by atoms with van der Waals surface area (Å²) in [6.07, 6.45) is 0.638. The third-order valence-corrected chi connectivity index (χ3v) is 14.0. The molecule has 144 valence electrons. The summed E-state index contributed by atoms with van der Waals surface area (Å²) >= 11 is 0. The van der Waals surface area contributed by atoms with Crippen LogP contribution in [0.1, 0.15) is 17.5 Å². The predicted molar refractivity (Wildman–Crippen MR) is 120 cm³/mol. The molecule has 1 heterocycles. The molecule has 3 rings (SSSR count). The minimum Gasteiger partial charge on any atom is -0.463 e. The smallest absolute Gasteiger partial charge is 0.306 e. The van der Waals surface area contributed by atoms with Crippen molar-refractivity contribution in [2.24, 2.45) is 0 Å². The lowest BCUT2D eigenvalue weighted by molar-refractivity contribution is -0.140. The van der Waals surface area contributed by atoms with Crippen LogP contribution >= 0.6 is 0 Å². The number of carbonyl (C=O) groups excluding carboxylic acids is 1.